The smallest absolute Gasteiger partial charge is 0.250 e. The molecule has 1 aromatic heterocycles. The fraction of sp³-hybridized carbons (Fsp3) is 0.722. The van der Waals surface area contributed by atoms with Gasteiger partial charge in [-0.15, -0.1) is 0 Å². The van der Waals surface area contributed by atoms with E-state index in [1.807, 2.05) is 12.1 Å². The van der Waals surface area contributed by atoms with Crippen molar-refractivity contribution in [1.82, 2.24) is 15.1 Å². The summed E-state index contributed by atoms with van der Waals surface area (Å²) in [4.78, 5) is 17.1. The van der Waals surface area contributed by atoms with E-state index in [1.165, 1.54) is 0 Å². The third-order valence-corrected chi connectivity index (χ3v) is 4.71. The first kappa shape index (κ1) is 19.0. The number of furan rings is 1. The first-order valence-electron chi connectivity index (χ1n) is 8.97. The van der Waals surface area contributed by atoms with Crippen LogP contribution in [0.4, 0.5) is 0 Å². The van der Waals surface area contributed by atoms with Crippen LogP contribution >= 0.6 is 0 Å². The molecule has 1 saturated heterocycles. The van der Waals surface area contributed by atoms with Crippen molar-refractivity contribution in [2.24, 2.45) is 0 Å². The number of amides is 1. The van der Waals surface area contributed by atoms with Crippen molar-refractivity contribution < 1.29 is 13.9 Å². The Labute approximate surface area is 145 Å². The molecule has 24 heavy (non-hydrogen) atoms. The number of hydrogen-bond donors (Lipinski definition) is 1. The largest absolute Gasteiger partial charge is 0.468 e. The van der Waals surface area contributed by atoms with Gasteiger partial charge in [0.1, 0.15) is 11.9 Å². The molecular formula is C18H31N3O3. The average Bonchev–Trinajstić information content (AvgIpc) is 3.12. The molecule has 6 heteroatoms. The van der Waals surface area contributed by atoms with Crippen molar-refractivity contribution >= 4 is 5.91 Å². The highest BCUT2D eigenvalue weighted by Gasteiger charge is 2.29. The molecule has 1 aliphatic heterocycles. The Morgan fingerprint density at radius 3 is 2.75 bits per heavy atom. The first-order chi connectivity index (χ1) is 11.6. The van der Waals surface area contributed by atoms with Crippen molar-refractivity contribution in [1.29, 1.82) is 0 Å². The quantitative estimate of drug-likeness (QED) is 0.785. The average molecular weight is 337 g/mol. The molecule has 0 spiro atoms. The minimum Gasteiger partial charge on any atom is -0.468 e. The molecule has 2 rings (SSSR count). The van der Waals surface area contributed by atoms with Crippen LogP contribution in [0.25, 0.3) is 0 Å². The van der Waals surface area contributed by atoms with Crippen LogP contribution in [0.5, 0.6) is 0 Å². The molecule has 6 nitrogen and oxygen atoms in total. The number of carbonyl (C=O) groups excluding carboxylic acids is 1. The van der Waals surface area contributed by atoms with Crippen LogP contribution in [0, 0.1) is 0 Å². The Balaban J connectivity index is 1.94. The van der Waals surface area contributed by atoms with Gasteiger partial charge in [-0.25, -0.2) is 0 Å². The Kier molecular flexibility index (Phi) is 7.27. The summed E-state index contributed by atoms with van der Waals surface area (Å²) in [6.45, 7) is 13.0. The molecule has 0 bridgehead atoms. The molecular weight excluding hydrogens is 306 g/mol. The Hall–Kier alpha value is -1.37. The summed E-state index contributed by atoms with van der Waals surface area (Å²) in [5.74, 6) is 0.844. The second-order valence-electron chi connectivity index (χ2n) is 6.45. The van der Waals surface area contributed by atoms with Gasteiger partial charge in [0.05, 0.1) is 18.9 Å². The predicted octanol–water partition coefficient (Wildman–Crippen LogP) is 1.89. The molecule has 0 aromatic carbocycles. The van der Waals surface area contributed by atoms with Crippen LogP contribution in [0.3, 0.4) is 0 Å². The van der Waals surface area contributed by atoms with Crippen molar-refractivity contribution in [3.63, 3.8) is 0 Å². The second kappa shape index (κ2) is 9.20. The van der Waals surface area contributed by atoms with Crippen LogP contribution in [0.2, 0.25) is 0 Å². The van der Waals surface area contributed by atoms with Gasteiger partial charge in [0.25, 0.3) is 5.91 Å². The summed E-state index contributed by atoms with van der Waals surface area (Å²) in [6, 6.07) is 4.32. The molecule has 1 amide bonds. The highest BCUT2D eigenvalue weighted by atomic mass is 16.5. The predicted molar refractivity (Wildman–Crippen MR) is 93.8 cm³/mol. The standard InChI is InChI=1S/C18H31N3O3/c1-5-20(6-2)15(16-8-7-10-23-16)12-19-18(22)17-13-21(14(3)4)9-11-24-17/h7-8,10,14-15,17H,5-6,9,11-13H2,1-4H3,(H,19,22)/t15-,17-/m0/s1. The van der Waals surface area contributed by atoms with E-state index in [9.17, 15) is 4.79 Å². The van der Waals surface area contributed by atoms with Crippen molar-refractivity contribution in [3.8, 4) is 0 Å². The number of morpholine rings is 1. The molecule has 1 aromatic rings. The van der Waals surface area contributed by atoms with Gasteiger partial charge in [0.2, 0.25) is 0 Å². The van der Waals surface area contributed by atoms with Crippen LogP contribution in [-0.2, 0) is 9.53 Å². The van der Waals surface area contributed by atoms with Crippen LogP contribution in [0.15, 0.2) is 22.8 Å². The summed E-state index contributed by atoms with van der Waals surface area (Å²) in [7, 11) is 0. The molecule has 0 aliphatic carbocycles. The zero-order valence-electron chi connectivity index (χ0n) is 15.3. The van der Waals surface area contributed by atoms with Gasteiger partial charge in [0, 0.05) is 25.7 Å². The minimum absolute atomic E-state index is 0.0379. The van der Waals surface area contributed by atoms with Gasteiger partial charge in [0.15, 0.2) is 0 Å². The maximum absolute atomic E-state index is 12.5. The van der Waals surface area contributed by atoms with Crippen molar-refractivity contribution in [2.45, 2.75) is 45.9 Å². The molecule has 0 radical (unpaired) electrons. The molecule has 0 saturated carbocycles. The third-order valence-electron chi connectivity index (χ3n) is 4.71. The number of carbonyl (C=O) groups is 1. The summed E-state index contributed by atoms with van der Waals surface area (Å²) in [6.07, 6.45) is 1.29. The fourth-order valence-electron chi connectivity index (χ4n) is 3.16. The molecule has 1 aliphatic rings. The number of nitrogens with one attached hydrogen (secondary N) is 1. The van der Waals surface area contributed by atoms with Crippen molar-refractivity contribution in [2.75, 3.05) is 39.3 Å². The normalized spacial score (nSPS) is 20.5. The third kappa shape index (κ3) is 4.82. The lowest BCUT2D eigenvalue weighted by molar-refractivity contribution is -0.139. The number of rotatable bonds is 8. The lowest BCUT2D eigenvalue weighted by Gasteiger charge is -2.35. The van der Waals surface area contributed by atoms with E-state index >= 15 is 0 Å². The van der Waals surface area contributed by atoms with Gasteiger partial charge < -0.3 is 14.5 Å². The van der Waals surface area contributed by atoms with Gasteiger partial charge in [-0.3, -0.25) is 14.6 Å². The Morgan fingerprint density at radius 2 is 2.17 bits per heavy atom. The van der Waals surface area contributed by atoms with E-state index in [1.54, 1.807) is 6.26 Å². The van der Waals surface area contributed by atoms with E-state index < -0.39 is 6.10 Å². The number of nitrogens with zero attached hydrogens (tertiary/aromatic N) is 2. The molecule has 136 valence electrons. The summed E-state index contributed by atoms with van der Waals surface area (Å²) < 4.78 is 11.2. The zero-order valence-corrected chi connectivity index (χ0v) is 15.3. The Morgan fingerprint density at radius 1 is 1.42 bits per heavy atom. The van der Waals surface area contributed by atoms with Crippen LogP contribution < -0.4 is 5.32 Å². The SMILES string of the molecule is CCN(CC)[C@@H](CNC(=O)[C@@H]1CN(C(C)C)CCO1)c1ccco1. The highest BCUT2D eigenvalue weighted by Crippen LogP contribution is 2.20. The Bertz CT molecular complexity index is 486. The van der Waals surface area contributed by atoms with Gasteiger partial charge in [-0.2, -0.15) is 0 Å². The summed E-state index contributed by atoms with van der Waals surface area (Å²) in [5.41, 5.74) is 0. The number of likely N-dealkylation sites (N-methyl/N-ethyl adjacent to an activating group) is 1. The molecule has 2 atom stereocenters. The maximum Gasteiger partial charge on any atom is 0.250 e. The highest BCUT2D eigenvalue weighted by molar-refractivity contribution is 5.81. The second-order valence-corrected chi connectivity index (χ2v) is 6.45. The number of hydrogen-bond acceptors (Lipinski definition) is 5. The zero-order chi connectivity index (χ0) is 17.5. The maximum atomic E-state index is 12.5. The van der Waals surface area contributed by atoms with E-state index in [-0.39, 0.29) is 11.9 Å². The van der Waals surface area contributed by atoms with Crippen LogP contribution in [0.1, 0.15) is 39.5 Å². The van der Waals surface area contributed by atoms with Crippen molar-refractivity contribution in [3.05, 3.63) is 24.2 Å². The minimum atomic E-state index is -0.393. The monoisotopic (exact) mass is 337 g/mol. The molecule has 2 heterocycles. The van der Waals surface area contributed by atoms with Gasteiger partial charge >= 0.3 is 0 Å². The van der Waals surface area contributed by atoms with E-state index in [0.29, 0.717) is 25.7 Å². The molecule has 1 N–H and O–H groups in total. The summed E-state index contributed by atoms with van der Waals surface area (Å²) >= 11 is 0. The molecule has 0 unspecified atom stereocenters. The van der Waals surface area contributed by atoms with Gasteiger partial charge in [-0.05, 0) is 39.1 Å². The lowest BCUT2D eigenvalue weighted by Crippen LogP contribution is -2.52. The topological polar surface area (TPSA) is 58.0 Å². The fourth-order valence-corrected chi connectivity index (χ4v) is 3.16. The van der Waals surface area contributed by atoms with Crippen LogP contribution in [-0.4, -0.2) is 67.2 Å². The van der Waals surface area contributed by atoms with E-state index in [2.05, 4.69) is 42.8 Å². The number of ether oxygens (including phenoxy) is 1. The van der Waals surface area contributed by atoms with Gasteiger partial charge in [-0.1, -0.05) is 13.8 Å². The van der Waals surface area contributed by atoms with E-state index in [0.717, 1.165) is 25.4 Å². The molecule has 1 fully saturated rings. The summed E-state index contributed by atoms with van der Waals surface area (Å²) in [5, 5.41) is 3.06. The first-order valence-corrected chi connectivity index (χ1v) is 8.97. The lowest BCUT2D eigenvalue weighted by atomic mass is 10.1. The van der Waals surface area contributed by atoms with E-state index in [4.69, 9.17) is 9.15 Å².